The van der Waals surface area contributed by atoms with E-state index < -0.39 is 28.9 Å². The number of halogens is 3. The molecule has 6 rings (SSSR count). The van der Waals surface area contributed by atoms with Gasteiger partial charge in [0.05, 0.1) is 15.8 Å². The summed E-state index contributed by atoms with van der Waals surface area (Å²) in [5.41, 5.74) is 17.6. The molecule has 3 heterocycles. The summed E-state index contributed by atoms with van der Waals surface area (Å²) in [6.45, 7) is 5.65. The number of hydrogen-bond donors (Lipinski definition) is 7. The number of nitrogens with two attached hydrogens (primary N) is 2. The Hall–Kier alpha value is -4.59. The highest BCUT2D eigenvalue weighted by Crippen LogP contribution is 2.37. The topological polar surface area (TPSA) is 217 Å². The quantitative estimate of drug-likeness (QED) is 0.0660. The molecule has 3 aromatic carbocycles. The number of aromatic amines is 3. The summed E-state index contributed by atoms with van der Waals surface area (Å²) in [5.74, 6) is -2.16. The van der Waals surface area contributed by atoms with Crippen molar-refractivity contribution in [3.63, 3.8) is 0 Å². The van der Waals surface area contributed by atoms with Crippen LogP contribution in [0.4, 0.5) is 5.69 Å². The lowest BCUT2D eigenvalue weighted by Crippen LogP contribution is -2.32. The zero-order valence-electron chi connectivity index (χ0n) is 26.0. The molecule has 2 atom stereocenters. The minimum Gasteiger partial charge on any atom is -0.480 e. The minimum atomic E-state index is -1.16. The molecule has 0 spiro atoms. The molecule has 2 unspecified atom stereocenters. The first-order valence-electron chi connectivity index (χ1n) is 14.5. The number of carboxylic acid groups (broad SMARTS) is 2. The Bertz CT molecular complexity index is 2150. The predicted octanol–water partition coefficient (Wildman–Crippen LogP) is 7.21. The second kappa shape index (κ2) is 15.1. The Morgan fingerprint density at radius 1 is 0.771 bits per heavy atom. The Morgan fingerprint density at radius 2 is 1.29 bits per heavy atom. The number of nitrogens with zero attached hydrogens (tertiary/aromatic N) is 1. The highest BCUT2D eigenvalue weighted by atomic mass is 35.5. The van der Waals surface area contributed by atoms with Crippen LogP contribution in [0.15, 0.2) is 54.6 Å². The Labute approximate surface area is 289 Å². The number of fused-ring (bicyclic) bond motifs is 3. The summed E-state index contributed by atoms with van der Waals surface area (Å²) in [5, 5.41) is 32.7. The van der Waals surface area contributed by atoms with Gasteiger partial charge >= 0.3 is 11.9 Å². The molecule has 9 N–H and O–H groups in total. The van der Waals surface area contributed by atoms with Gasteiger partial charge in [-0.15, -0.1) is 0 Å². The smallest absolute Gasteiger partial charge is 0.320 e. The first kappa shape index (κ1) is 36.2. The molecule has 252 valence electrons. The average molecular weight is 716 g/mol. The standard InChI is InChI=1S/C12H12ClN3O4.C12H13ClN2O2.C9H8ClN/c1-5-6(4-8(14)12(17)18)10-9(15-5)3-2-7(13)11(10)16(19)20;1-6-8(5-10(14)12(16)17)9-4-7(13)2-3-11(9)15-6;1-6-4-7-5-8(10)2-3-9(7)11-6/h2-3,8,15H,4,14H2,1H3,(H,17,18);2-4,10,15H,5,14H2,1H3,(H,16,17);2-5,11H,1H3. The van der Waals surface area contributed by atoms with Crippen LogP contribution in [0.5, 0.6) is 0 Å². The first-order chi connectivity index (χ1) is 22.6. The van der Waals surface area contributed by atoms with Crippen LogP contribution in [0.25, 0.3) is 32.7 Å². The number of hydrogen-bond acceptors (Lipinski definition) is 6. The first-order valence-corrected chi connectivity index (χ1v) is 15.6. The van der Waals surface area contributed by atoms with Crippen molar-refractivity contribution < 1.29 is 24.7 Å². The van der Waals surface area contributed by atoms with Crippen molar-refractivity contribution in [2.24, 2.45) is 11.5 Å². The van der Waals surface area contributed by atoms with E-state index in [1.165, 1.54) is 17.1 Å². The van der Waals surface area contributed by atoms with Gasteiger partial charge in [-0.25, -0.2) is 0 Å². The van der Waals surface area contributed by atoms with Crippen LogP contribution in [0.3, 0.4) is 0 Å². The van der Waals surface area contributed by atoms with E-state index in [4.69, 9.17) is 56.5 Å². The summed E-state index contributed by atoms with van der Waals surface area (Å²) in [6.07, 6.45) is 0.282. The van der Waals surface area contributed by atoms with Gasteiger partial charge in [0.2, 0.25) is 0 Å². The van der Waals surface area contributed by atoms with Gasteiger partial charge in [0.25, 0.3) is 5.69 Å². The highest BCUT2D eigenvalue weighted by molar-refractivity contribution is 6.34. The highest BCUT2D eigenvalue weighted by Gasteiger charge is 2.25. The third-order valence-corrected chi connectivity index (χ3v) is 8.44. The summed E-state index contributed by atoms with van der Waals surface area (Å²) < 4.78 is 0. The molecule has 0 aliphatic heterocycles. The van der Waals surface area contributed by atoms with Crippen molar-refractivity contribution in [1.82, 2.24) is 15.0 Å². The normalized spacial score (nSPS) is 12.2. The molecule has 15 heteroatoms. The molecule has 0 saturated carbocycles. The molecular weight excluding hydrogens is 683 g/mol. The number of aromatic nitrogens is 3. The summed E-state index contributed by atoms with van der Waals surface area (Å²) >= 11 is 17.6. The summed E-state index contributed by atoms with van der Waals surface area (Å²) in [4.78, 5) is 41.6. The number of rotatable bonds is 7. The number of nitro groups is 1. The van der Waals surface area contributed by atoms with Crippen LogP contribution in [0, 0.1) is 30.9 Å². The molecule has 48 heavy (non-hydrogen) atoms. The van der Waals surface area contributed by atoms with E-state index >= 15 is 0 Å². The molecule has 3 aromatic heterocycles. The zero-order chi connectivity index (χ0) is 35.4. The van der Waals surface area contributed by atoms with Gasteiger partial charge in [0.15, 0.2) is 0 Å². The molecule has 0 aliphatic rings. The van der Waals surface area contributed by atoms with Crippen molar-refractivity contribution >= 4 is 85.1 Å². The van der Waals surface area contributed by atoms with Crippen molar-refractivity contribution in [2.75, 3.05) is 0 Å². The monoisotopic (exact) mass is 714 g/mol. The van der Waals surface area contributed by atoms with E-state index in [2.05, 4.69) is 21.0 Å². The Balaban J connectivity index is 0.000000169. The third kappa shape index (κ3) is 8.27. The molecule has 0 saturated heterocycles. The van der Waals surface area contributed by atoms with Crippen molar-refractivity contribution in [3.05, 3.63) is 108 Å². The van der Waals surface area contributed by atoms with Crippen LogP contribution < -0.4 is 11.5 Å². The molecule has 0 aliphatic carbocycles. The number of nitrogens with one attached hydrogen (secondary N) is 3. The molecule has 12 nitrogen and oxygen atoms in total. The van der Waals surface area contributed by atoms with Crippen LogP contribution in [-0.4, -0.2) is 54.1 Å². The summed E-state index contributed by atoms with van der Waals surface area (Å²) in [6, 6.07) is 14.4. The summed E-state index contributed by atoms with van der Waals surface area (Å²) in [7, 11) is 0. The molecule has 0 bridgehead atoms. The fourth-order valence-corrected chi connectivity index (χ4v) is 5.93. The maximum Gasteiger partial charge on any atom is 0.320 e. The molecular formula is C33H33Cl3N6O6. The lowest BCUT2D eigenvalue weighted by molar-refractivity contribution is -0.382. The maximum atomic E-state index is 11.2. The van der Waals surface area contributed by atoms with Gasteiger partial charge in [-0.2, -0.15) is 0 Å². The number of carbonyl (C=O) groups is 2. The van der Waals surface area contributed by atoms with Crippen molar-refractivity contribution in [3.8, 4) is 0 Å². The van der Waals surface area contributed by atoms with Gasteiger partial charge in [-0.05, 0) is 86.5 Å². The molecule has 6 aromatic rings. The number of benzene rings is 3. The van der Waals surface area contributed by atoms with Crippen LogP contribution >= 0.6 is 34.8 Å². The van der Waals surface area contributed by atoms with E-state index in [9.17, 15) is 19.7 Å². The van der Waals surface area contributed by atoms with Crippen LogP contribution in [0.1, 0.15) is 28.2 Å². The second-order valence-electron chi connectivity index (χ2n) is 11.2. The lowest BCUT2D eigenvalue weighted by Gasteiger charge is -2.07. The lowest BCUT2D eigenvalue weighted by atomic mass is 10.0. The maximum absolute atomic E-state index is 11.2. The van der Waals surface area contributed by atoms with Gasteiger partial charge in [0.1, 0.15) is 17.1 Å². The number of aliphatic carboxylic acids is 2. The van der Waals surface area contributed by atoms with Gasteiger partial charge in [-0.1, -0.05) is 34.8 Å². The Morgan fingerprint density at radius 3 is 1.90 bits per heavy atom. The zero-order valence-corrected chi connectivity index (χ0v) is 28.3. The van der Waals surface area contributed by atoms with E-state index in [1.54, 1.807) is 19.1 Å². The van der Waals surface area contributed by atoms with Gasteiger partial charge in [0, 0.05) is 61.8 Å². The van der Waals surface area contributed by atoms with E-state index in [-0.39, 0.29) is 17.1 Å². The SMILES string of the molecule is Cc1[nH]c2ccc(Cl)c([N+](=O)[O-])c2c1CC(N)C(=O)O.Cc1[nH]c2ccc(Cl)cc2c1CC(N)C(=O)O.Cc1cc2cc(Cl)ccc2[nH]1. The van der Waals surface area contributed by atoms with Crippen molar-refractivity contribution in [1.29, 1.82) is 0 Å². The van der Waals surface area contributed by atoms with E-state index in [1.807, 2.05) is 44.2 Å². The molecule has 0 amide bonds. The molecule has 0 radical (unpaired) electrons. The minimum absolute atomic E-state index is 0.00615. The number of carboxylic acids is 2. The number of aryl methyl sites for hydroxylation is 3. The fraction of sp³-hybridized carbons (Fsp3) is 0.212. The number of nitro benzene ring substituents is 1. The average Bonchev–Trinajstić information content (AvgIpc) is 3.64. The largest absolute Gasteiger partial charge is 0.480 e. The van der Waals surface area contributed by atoms with E-state index in [0.29, 0.717) is 33.6 Å². The van der Waals surface area contributed by atoms with Crippen LogP contribution in [0.2, 0.25) is 15.1 Å². The van der Waals surface area contributed by atoms with Gasteiger partial charge < -0.3 is 36.6 Å². The van der Waals surface area contributed by atoms with Crippen molar-refractivity contribution in [2.45, 2.75) is 45.7 Å². The molecule has 0 fully saturated rings. The number of H-pyrrole nitrogens is 3. The fourth-order valence-electron chi connectivity index (χ4n) is 5.35. The second-order valence-corrected chi connectivity index (χ2v) is 12.5. The predicted molar refractivity (Wildman–Crippen MR) is 189 cm³/mol. The van der Waals surface area contributed by atoms with E-state index in [0.717, 1.165) is 32.7 Å². The van der Waals surface area contributed by atoms with Gasteiger partial charge in [-0.3, -0.25) is 19.7 Å². The van der Waals surface area contributed by atoms with Crippen LogP contribution in [-0.2, 0) is 22.4 Å². The third-order valence-electron chi connectivity index (χ3n) is 7.67. The Kier molecular flexibility index (Phi) is 11.4.